The highest BCUT2D eigenvalue weighted by atomic mass is 32.2. The van der Waals surface area contributed by atoms with Crippen LogP contribution < -0.4 is 5.32 Å². The van der Waals surface area contributed by atoms with Gasteiger partial charge in [0, 0.05) is 18.8 Å². The molecule has 10 heteroatoms. The average Bonchev–Trinajstić information content (AvgIpc) is 3.00. The molecule has 0 aliphatic carbocycles. The molecule has 1 amide bonds. The van der Waals surface area contributed by atoms with E-state index in [1.165, 1.54) is 15.6 Å². The number of anilines is 1. The van der Waals surface area contributed by atoms with E-state index in [-0.39, 0.29) is 24.1 Å². The monoisotopic (exact) mass is 378 g/mol. The number of aromatic nitrogens is 2. The fraction of sp³-hybridized carbons (Fsp3) is 0.769. The normalized spacial score (nSPS) is 19.7. The Hall–Kier alpha value is -0.710. The molecule has 0 radical (unpaired) electrons. The van der Waals surface area contributed by atoms with Crippen molar-refractivity contribution in [3.05, 3.63) is 0 Å². The molecule has 1 aliphatic heterocycles. The number of piperidine rings is 1. The quantitative estimate of drug-likeness (QED) is 0.576. The molecule has 2 rings (SSSR count). The second-order valence-corrected chi connectivity index (χ2v) is 9.89. The van der Waals surface area contributed by atoms with Crippen LogP contribution in [0.4, 0.5) is 5.13 Å². The van der Waals surface area contributed by atoms with Gasteiger partial charge in [0.1, 0.15) is 0 Å². The molecule has 0 unspecified atom stereocenters. The van der Waals surface area contributed by atoms with Crippen molar-refractivity contribution in [3.8, 4) is 0 Å². The Morgan fingerprint density at radius 2 is 2.22 bits per heavy atom. The van der Waals surface area contributed by atoms with Crippen LogP contribution >= 0.6 is 23.1 Å². The first-order valence-electron chi connectivity index (χ1n) is 7.71. The van der Waals surface area contributed by atoms with E-state index >= 15 is 0 Å². The topological polar surface area (TPSA) is 92.3 Å². The Bertz CT molecular complexity index is 632. The zero-order chi connectivity index (χ0) is 16.9. The molecule has 0 spiro atoms. The van der Waals surface area contributed by atoms with E-state index in [4.69, 9.17) is 0 Å². The third-order valence-electron chi connectivity index (χ3n) is 3.58. The molecule has 1 N–H and O–H groups in total. The molecule has 23 heavy (non-hydrogen) atoms. The molecule has 7 nitrogen and oxygen atoms in total. The van der Waals surface area contributed by atoms with Crippen LogP contribution in [0, 0.1) is 5.92 Å². The predicted molar refractivity (Wildman–Crippen MR) is 93.3 cm³/mol. The second-order valence-electron chi connectivity index (χ2n) is 5.31. The molecule has 130 valence electrons. The van der Waals surface area contributed by atoms with Gasteiger partial charge in [0.25, 0.3) is 0 Å². The number of thioether (sulfide) groups is 1. The Morgan fingerprint density at radius 1 is 1.43 bits per heavy atom. The third kappa shape index (κ3) is 5.13. The van der Waals surface area contributed by atoms with Crippen LogP contribution in [0.5, 0.6) is 0 Å². The van der Waals surface area contributed by atoms with E-state index in [0.29, 0.717) is 24.5 Å². The fourth-order valence-corrected chi connectivity index (χ4v) is 5.17. The van der Waals surface area contributed by atoms with Crippen molar-refractivity contribution >= 4 is 44.2 Å². The van der Waals surface area contributed by atoms with Crippen molar-refractivity contribution < 1.29 is 13.2 Å². The number of rotatable bonds is 7. The van der Waals surface area contributed by atoms with Crippen LogP contribution in [0.3, 0.4) is 0 Å². The molecular weight excluding hydrogens is 356 g/mol. The standard InChI is InChI=1S/C13H22N4O3S3/c1-3-8-21-13-16-15-12(22-13)14-11(18)10-6-5-7-17(9-10)23(19,20)4-2/h10H,3-9H2,1-2H3,(H,14,15,18)/t10-/m1/s1. The lowest BCUT2D eigenvalue weighted by atomic mass is 9.99. The highest BCUT2D eigenvalue weighted by Crippen LogP contribution is 2.27. The molecular formula is C13H22N4O3S3. The molecule has 1 fully saturated rings. The average molecular weight is 379 g/mol. The summed E-state index contributed by atoms with van der Waals surface area (Å²) in [5.74, 6) is 0.523. The van der Waals surface area contributed by atoms with Crippen molar-refractivity contribution in [1.29, 1.82) is 0 Å². The zero-order valence-electron chi connectivity index (χ0n) is 13.3. The third-order valence-corrected chi connectivity index (χ3v) is 7.61. The lowest BCUT2D eigenvalue weighted by molar-refractivity contribution is -0.120. The largest absolute Gasteiger partial charge is 0.300 e. The van der Waals surface area contributed by atoms with E-state index in [0.717, 1.165) is 16.5 Å². The number of hydrogen-bond donors (Lipinski definition) is 1. The van der Waals surface area contributed by atoms with E-state index in [2.05, 4.69) is 22.4 Å². The summed E-state index contributed by atoms with van der Waals surface area (Å²) in [5, 5.41) is 11.2. The number of hydrogen-bond acceptors (Lipinski definition) is 7. The summed E-state index contributed by atoms with van der Waals surface area (Å²) < 4.78 is 26.2. The summed E-state index contributed by atoms with van der Waals surface area (Å²) in [6.45, 7) is 4.46. The van der Waals surface area contributed by atoms with Gasteiger partial charge in [-0.15, -0.1) is 10.2 Å². The molecule has 1 aliphatic rings. The van der Waals surface area contributed by atoms with Gasteiger partial charge in [0.05, 0.1) is 11.7 Å². The number of nitrogens with zero attached hydrogens (tertiary/aromatic N) is 3. The van der Waals surface area contributed by atoms with Gasteiger partial charge in [0.2, 0.25) is 21.1 Å². The molecule has 1 aromatic rings. The van der Waals surface area contributed by atoms with E-state index in [1.54, 1.807) is 18.7 Å². The molecule has 1 saturated heterocycles. The van der Waals surface area contributed by atoms with Gasteiger partial charge >= 0.3 is 0 Å². The summed E-state index contributed by atoms with van der Waals surface area (Å²) in [4.78, 5) is 12.4. The van der Waals surface area contributed by atoms with Gasteiger partial charge in [-0.25, -0.2) is 12.7 Å². The SMILES string of the molecule is CCCSc1nnc(NC(=O)[C@@H]2CCCN(S(=O)(=O)CC)C2)s1. The van der Waals surface area contributed by atoms with E-state index in [9.17, 15) is 13.2 Å². The van der Waals surface area contributed by atoms with Crippen molar-refractivity contribution in [2.75, 3.05) is 29.9 Å². The summed E-state index contributed by atoms with van der Waals surface area (Å²) in [5.41, 5.74) is 0. The van der Waals surface area contributed by atoms with E-state index in [1.807, 2.05) is 0 Å². The predicted octanol–water partition coefficient (Wildman–Crippen LogP) is 2.04. The Kier molecular flexibility index (Phi) is 6.81. The summed E-state index contributed by atoms with van der Waals surface area (Å²) in [7, 11) is -3.24. The number of carbonyl (C=O) groups excluding carboxylic acids is 1. The first-order chi connectivity index (χ1) is 11.0. The first-order valence-corrected chi connectivity index (χ1v) is 11.1. The van der Waals surface area contributed by atoms with Gasteiger partial charge in [0.15, 0.2) is 4.34 Å². The summed E-state index contributed by atoms with van der Waals surface area (Å²) in [6, 6.07) is 0. The van der Waals surface area contributed by atoms with Crippen molar-refractivity contribution in [2.24, 2.45) is 5.92 Å². The molecule has 1 atom stereocenters. The smallest absolute Gasteiger partial charge is 0.230 e. The highest BCUT2D eigenvalue weighted by molar-refractivity contribution is 8.01. The van der Waals surface area contributed by atoms with Gasteiger partial charge < -0.3 is 5.32 Å². The maximum atomic E-state index is 12.4. The zero-order valence-corrected chi connectivity index (χ0v) is 15.8. The Morgan fingerprint density at radius 3 is 2.91 bits per heavy atom. The number of nitrogens with one attached hydrogen (secondary N) is 1. The molecule has 1 aromatic heterocycles. The molecule has 0 saturated carbocycles. The lowest BCUT2D eigenvalue weighted by Gasteiger charge is -2.30. The maximum Gasteiger partial charge on any atom is 0.230 e. The second kappa shape index (κ2) is 8.41. The Labute approximate surface area is 145 Å². The van der Waals surface area contributed by atoms with Crippen molar-refractivity contribution in [3.63, 3.8) is 0 Å². The fourth-order valence-electron chi connectivity index (χ4n) is 2.31. The lowest BCUT2D eigenvalue weighted by Crippen LogP contribution is -2.44. The first kappa shape index (κ1) is 18.6. The van der Waals surface area contributed by atoms with Gasteiger partial charge in [-0.1, -0.05) is 30.0 Å². The highest BCUT2D eigenvalue weighted by Gasteiger charge is 2.31. The number of amides is 1. The molecule has 2 heterocycles. The minimum Gasteiger partial charge on any atom is -0.300 e. The summed E-state index contributed by atoms with van der Waals surface area (Å²) in [6.07, 6.45) is 2.44. The van der Waals surface area contributed by atoms with Crippen molar-refractivity contribution in [2.45, 2.75) is 37.4 Å². The van der Waals surface area contributed by atoms with Crippen LogP contribution in [0.15, 0.2) is 4.34 Å². The van der Waals surface area contributed by atoms with E-state index < -0.39 is 10.0 Å². The minimum absolute atomic E-state index is 0.0652. The Balaban J connectivity index is 1.93. The molecule has 0 bridgehead atoms. The van der Waals surface area contributed by atoms with Gasteiger partial charge in [-0.3, -0.25) is 4.79 Å². The van der Waals surface area contributed by atoms with Crippen LogP contribution in [0.1, 0.15) is 33.1 Å². The van der Waals surface area contributed by atoms with Crippen molar-refractivity contribution in [1.82, 2.24) is 14.5 Å². The number of sulfonamides is 1. The minimum atomic E-state index is -3.24. The van der Waals surface area contributed by atoms with Crippen LogP contribution in [0.2, 0.25) is 0 Å². The maximum absolute atomic E-state index is 12.4. The summed E-state index contributed by atoms with van der Waals surface area (Å²) >= 11 is 2.97. The van der Waals surface area contributed by atoms with Gasteiger partial charge in [-0.2, -0.15) is 0 Å². The van der Waals surface area contributed by atoms with Crippen LogP contribution in [0.25, 0.3) is 0 Å². The van der Waals surface area contributed by atoms with Crippen LogP contribution in [-0.4, -0.2) is 53.4 Å². The van der Waals surface area contributed by atoms with Gasteiger partial charge in [-0.05, 0) is 26.2 Å². The number of carbonyl (C=O) groups is 1. The molecule has 0 aromatic carbocycles. The van der Waals surface area contributed by atoms with Crippen LogP contribution in [-0.2, 0) is 14.8 Å².